The summed E-state index contributed by atoms with van der Waals surface area (Å²) in [6, 6.07) is 0. The third-order valence-corrected chi connectivity index (χ3v) is 1.44. The number of hydrogen-bond acceptors (Lipinski definition) is 1. The van der Waals surface area contributed by atoms with Crippen molar-refractivity contribution in [3.8, 4) is 0 Å². The highest BCUT2D eigenvalue weighted by molar-refractivity contribution is 9.11. The van der Waals surface area contributed by atoms with Crippen LogP contribution in [0, 0.1) is 0 Å². The first-order chi connectivity index (χ1) is 4.57. The molecule has 0 aliphatic rings. The molecule has 0 aliphatic heterocycles. The lowest BCUT2D eigenvalue weighted by molar-refractivity contribution is -0.128. The van der Waals surface area contributed by atoms with E-state index in [1.54, 1.807) is 11.8 Å². The predicted octanol–water partition coefficient (Wildman–Crippen LogP) is 1.76. The van der Waals surface area contributed by atoms with E-state index in [0.29, 0.717) is 6.54 Å². The Morgan fingerprint density at radius 3 is 2.30 bits per heavy atom. The summed E-state index contributed by atoms with van der Waals surface area (Å²) in [6.07, 6.45) is 0. The summed E-state index contributed by atoms with van der Waals surface area (Å²) >= 11 is 3.20. The smallest absolute Gasteiger partial charge is 0.219 e. The number of hydrogen-bond donors (Lipinski definition) is 0. The van der Waals surface area contributed by atoms with Crippen molar-refractivity contribution in [1.82, 2.24) is 4.90 Å². The van der Waals surface area contributed by atoms with Crippen LogP contribution in [-0.2, 0) is 4.79 Å². The van der Waals surface area contributed by atoms with E-state index in [1.165, 1.54) is 0 Å². The molecule has 58 valence electrons. The van der Waals surface area contributed by atoms with Crippen molar-refractivity contribution in [2.45, 2.75) is 13.8 Å². The molecule has 0 N–H and O–H groups in total. The molecular weight excluding hydrogens is 194 g/mol. The van der Waals surface area contributed by atoms with Crippen molar-refractivity contribution < 1.29 is 4.79 Å². The van der Waals surface area contributed by atoms with Crippen LogP contribution < -0.4 is 0 Å². The second-order valence-corrected chi connectivity index (χ2v) is 3.17. The van der Waals surface area contributed by atoms with Crippen LogP contribution in [0.1, 0.15) is 13.8 Å². The molecule has 0 bridgehead atoms. The molecule has 0 fully saturated rings. The number of likely N-dealkylation sites (N-methyl/N-ethyl adjacent to an activating group) is 1. The van der Waals surface area contributed by atoms with E-state index in [0.717, 1.165) is 11.0 Å². The van der Waals surface area contributed by atoms with E-state index in [-0.39, 0.29) is 5.91 Å². The Bertz CT molecular complexity index is 145. The van der Waals surface area contributed by atoms with Crippen LogP contribution in [0.4, 0.5) is 0 Å². The largest absolute Gasteiger partial charge is 0.338 e. The van der Waals surface area contributed by atoms with Crippen molar-refractivity contribution in [3.63, 3.8) is 0 Å². The molecule has 0 aromatic rings. The van der Waals surface area contributed by atoms with Crippen LogP contribution in [0.3, 0.4) is 0 Å². The highest BCUT2D eigenvalue weighted by Gasteiger charge is 2.04. The Balaban J connectivity index is 3.83. The van der Waals surface area contributed by atoms with Crippen LogP contribution in [-0.4, -0.2) is 23.9 Å². The second kappa shape index (κ2) is 4.50. The van der Waals surface area contributed by atoms with Gasteiger partial charge in [-0.3, -0.25) is 4.79 Å². The fraction of sp³-hybridized carbons (Fsp3) is 0.571. The van der Waals surface area contributed by atoms with Crippen LogP contribution in [0.2, 0.25) is 0 Å². The molecule has 0 radical (unpaired) electrons. The number of nitrogens with zero attached hydrogens (tertiary/aromatic N) is 1. The lowest BCUT2D eigenvalue weighted by Crippen LogP contribution is -2.29. The Labute approximate surface area is 70.0 Å². The molecule has 0 aromatic heterocycles. The van der Waals surface area contributed by atoms with Crippen molar-refractivity contribution in [3.05, 3.63) is 11.1 Å². The van der Waals surface area contributed by atoms with Gasteiger partial charge in [-0.15, -0.1) is 0 Å². The molecule has 10 heavy (non-hydrogen) atoms. The topological polar surface area (TPSA) is 20.3 Å². The molecule has 2 nitrogen and oxygen atoms in total. The zero-order chi connectivity index (χ0) is 8.15. The molecular formula is C7H12BrNO. The SMILES string of the molecule is C=C(Br)CN(CC)C(C)=O. The highest BCUT2D eigenvalue weighted by Crippen LogP contribution is 2.03. The van der Waals surface area contributed by atoms with E-state index < -0.39 is 0 Å². The van der Waals surface area contributed by atoms with Gasteiger partial charge >= 0.3 is 0 Å². The fourth-order valence-corrected chi connectivity index (χ4v) is 0.956. The van der Waals surface area contributed by atoms with Gasteiger partial charge in [0.1, 0.15) is 0 Å². The van der Waals surface area contributed by atoms with Crippen LogP contribution in [0.15, 0.2) is 11.1 Å². The zero-order valence-corrected chi connectivity index (χ0v) is 7.94. The number of halogens is 1. The third-order valence-electron chi connectivity index (χ3n) is 1.19. The minimum absolute atomic E-state index is 0.0862. The first-order valence-corrected chi connectivity index (χ1v) is 3.96. The Kier molecular flexibility index (Phi) is 4.36. The van der Waals surface area contributed by atoms with Crippen molar-refractivity contribution in [1.29, 1.82) is 0 Å². The normalized spacial score (nSPS) is 9.10. The summed E-state index contributed by atoms with van der Waals surface area (Å²) in [5.41, 5.74) is 0. The van der Waals surface area contributed by atoms with Crippen molar-refractivity contribution in [2.75, 3.05) is 13.1 Å². The molecule has 0 saturated carbocycles. The Morgan fingerprint density at radius 1 is 1.70 bits per heavy atom. The molecule has 0 saturated heterocycles. The minimum Gasteiger partial charge on any atom is -0.338 e. The van der Waals surface area contributed by atoms with Crippen molar-refractivity contribution >= 4 is 21.8 Å². The third kappa shape index (κ3) is 3.67. The molecule has 0 heterocycles. The molecule has 0 rings (SSSR count). The van der Waals surface area contributed by atoms with Crippen LogP contribution >= 0.6 is 15.9 Å². The van der Waals surface area contributed by atoms with Gasteiger partial charge in [0.2, 0.25) is 5.91 Å². The van der Waals surface area contributed by atoms with Gasteiger partial charge in [-0.2, -0.15) is 0 Å². The van der Waals surface area contributed by atoms with Gasteiger partial charge in [-0.25, -0.2) is 0 Å². The zero-order valence-electron chi connectivity index (χ0n) is 6.35. The van der Waals surface area contributed by atoms with Gasteiger partial charge in [0.25, 0.3) is 0 Å². The van der Waals surface area contributed by atoms with Gasteiger partial charge in [0, 0.05) is 18.0 Å². The van der Waals surface area contributed by atoms with E-state index in [9.17, 15) is 4.79 Å². The molecule has 0 unspecified atom stereocenters. The average Bonchev–Trinajstić information content (AvgIpc) is 1.81. The van der Waals surface area contributed by atoms with E-state index in [2.05, 4.69) is 22.5 Å². The summed E-state index contributed by atoms with van der Waals surface area (Å²) < 4.78 is 0.838. The summed E-state index contributed by atoms with van der Waals surface area (Å²) in [6.45, 7) is 8.48. The maximum absolute atomic E-state index is 10.8. The standard InChI is InChI=1S/C7H12BrNO/c1-4-9(7(3)10)5-6(2)8/h2,4-5H2,1,3H3. The molecule has 3 heteroatoms. The van der Waals surface area contributed by atoms with Crippen LogP contribution in [0.25, 0.3) is 0 Å². The number of carbonyl (C=O) groups is 1. The van der Waals surface area contributed by atoms with Crippen LogP contribution in [0.5, 0.6) is 0 Å². The lowest BCUT2D eigenvalue weighted by atomic mass is 10.4. The lowest BCUT2D eigenvalue weighted by Gasteiger charge is -2.17. The number of rotatable bonds is 3. The summed E-state index contributed by atoms with van der Waals surface area (Å²) in [4.78, 5) is 12.5. The number of carbonyl (C=O) groups excluding carboxylic acids is 1. The summed E-state index contributed by atoms with van der Waals surface area (Å²) in [7, 11) is 0. The Hall–Kier alpha value is -0.310. The van der Waals surface area contributed by atoms with Gasteiger partial charge in [0.15, 0.2) is 0 Å². The average molecular weight is 206 g/mol. The highest BCUT2D eigenvalue weighted by atomic mass is 79.9. The minimum atomic E-state index is 0.0862. The van der Waals surface area contributed by atoms with Gasteiger partial charge in [-0.1, -0.05) is 22.5 Å². The van der Waals surface area contributed by atoms with E-state index in [4.69, 9.17) is 0 Å². The van der Waals surface area contributed by atoms with E-state index >= 15 is 0 Å². The van der Waals surface area contributed by atoms with Gasteiger partial charge < -0.3 is 4.90 Å². The molecule has 0 aromatic carbocycles. The maximum Gasteiger partial charge on any atom is 0.219 e. The van der Waals surface area contributed by atoms with Crippen molar-refractivity contribution in [2.24, 2.45) is 0 Å². The Morgan fingerprint density at radius 2 is 2.20 bits per heavy atom. The van der Waals surface area contributed by atoms with Gasteiger partial charge in [-0.05, 0) is 6.92 Å². The number of amides is 1. The fourth-order valence-electron chi connectivity index (χ4n) is 0.653. The quantitative estimate of drug-likeness (QED) is 0.688. The van der Waals surface area contributed by atoms with E-state index in [1.807, 2.05) is 6.92 Å². The first kappa shape index (κ1) is 9.69. The first-order valence-electron chi connectivity index (χ1n) is 3.16. The predicted molar refractivity (Wildman–Crippen MR) is 46.0 cm³/mol. The maximum atomic E-state index is 10.8. The molecule has 0 aliphatic carbocycles. The summed E-state index contributed by atoms with van der Waals surface area (Å²) in [5, 5.41) is 0. The van der Waals surface area contributed by atoms with Gasteiger partial charge in [0.05, 0.1) is 6.54 Å². The molecule has 1 amide bonds. The second-order valence-electron chi connectivity index (χ2n) is 2.05. The monoisotopic (exact) mass is 205 g/mol. The summed E-state index contributed by atoms with van der Waals surface area (Å²) in [5.74, 6) is 0.0862. The molecule has 0 atom stereocenters. The molecule has 0 spiro atoms.